The number of rotatable bonds is 2. The number of hydrogen-bond donors (Lipinski definition) is 3. The molecule has 0 radical (unpaired) electrons. The molecule has 1 saturated carbocycles. The average Bonchev–Trinajstić information content (AvgIpc) is 2.97. The van der Waals surface area contributed by atoms with E-state index in [0.717, 1.165) is 35.9 Å². The van der Waals surface area contributed by atoms with Gasteiger partial charge in [-0.05, 0) is 25.0 Å². The molecule has 4 unspecified atom stereocenters. The van der Waals surface area contributed by atoms with Gasteiger partial charge in [0, 0.05) is 12.0 Å². The van der Waals surface area contributed by atoms with Crippen LogP contribution in [-0.2, 0) is 9.59 Å². The lowest BCUT2D eigenvalue weighted by Gasteiger charge is -2.42. The number of carbonyl (C=O) groups is 2. The van der Waals surface area contributed by atoms with E-state index in [1.54, 1.807) is 0 Å². The van der Waals surface area contributed by atoms with Crippen LogP contribution in [0.15, 0.2) is 24.3 Å². The molecule has 1 aliphatic heterocycles. The molecule has 1 saturated heterocycles. The van der Waals surface area contributed by atoms with Gasteiger partial charge in [-0.3, -0.25) is 9.59 Å². The van der Waals surface area contributed by atoms with Gasteiger partial charge in [0.05, 0.1) is 16.3 Å². The van der Waals surface area contributed by atoms with Crippen molar-refractivity contribution in [2.24, 2.45) is 11.8 Å². The summed E-state index contributed by atoms with van der Waals surface area (Å²) in [4.78, 5) is 29.2. The molecule has 24 heavy (non-hydrogen) atoms. The molecule has 1 aromatic carbocycles. The minimum absolute atomic E-state index is 0.00671. The summed E-state index contributed by atoms with van der Waals surface area (Å²) in [6, 6.07) is 7.59. The van der Waals surface area contributed by atoms with Gasteiger partial charge in [-0.25, -0.2) is 4.98 Å². The Labute approximate surface area is 143 Å². The average molecular weight is 345 g/mol. The van der Waals surface area contributed by atoms with Crippen LogP contribution in [0.25, 0.3) is 10.2 Å². The standard InChI is InChI=1S/C17H19N3O3S/c21-14-9-5-1-2-6-10(9)18-15(22)13(14)16(23)20-17-19-11-7-3-4-8-12(11)24-17/h3-4,7-10,13-14,21H,1-2,5-6H2,(H,18,22)(H,19,20,23). The molecule has 4 rings (SSSR count). The molecule has 2 heterocycles. The van der Waals surface area contributed by atoms with Crippen LogP contribution >= 0.6 is 11.3 Å². The number of nitrogens with zero attached hydrogens (tertiary/aromatic N) is 1. The number of para-hydroxylation sites is 1. The fourth-order valence-corrected chi connectivity index (χ4v) is 4.67. The summed E-state index contributed by atoms with van der Waals surface area (Å²) in [5.74, 6) is -1.98. The summed E-state index contributed by atoms with van der Waals surface area (Å²) >= 11 is 1.36. The van der Waals surface area contributed by atoms with Gasteiger partial charge in [-0.15, -0.1) is 0 Å². The summed E-state index contributed by atoms with van der Waals surface area (Å²) in [6.45, 7) is 0. The normalized spacial score (nSPS) is 29.8. The van der Waals surface area contributed by atoms with Crippen molar-refractivity contribution in [3.63, 3.8) is 0 Å². The van der Waals surface area contributed by atoms with Gasteiger partial charge >= 0.3 is 0 Å². The van der Waals surface area contributed by atoms with Crippen LogP contribution in [0, 0.1) is 11.8 Å². The predicted molar refractivity (Wildman–Crippen MR) is 91.6 cm³/mol. The number of aliphatic hydroxyl groups excluding tert-OH is 1. The second-order valence-corrected chi connectivity index (χ2v) is 7.54. The SMILES string of the molecule is O=C(Nc1nc2ccccc2s1)C1C(=O)NC2CCCCC2C1O. The van der Waals surface area contributed by atoms with Crippen molar-refractivity contribution in [3.8, 4) is 0 Å². The van der Waals surface area contributed by atoms with Crippen LogP contribution < -0.4 is 10.6 Å². The van der Waals surface area contributed by atoms with Gasteiger partial charge in [0.15, 0.2) is 5.13 Å². The quantitative estimate of drug-likeness (QED) is 0.725. The van der Waals surface area contributed by atoms with E-state index in [-0.39, 0.29) is 17.9 Å². The first kappa shape index (κ1) is 15.5. The largest absolute Gasteiger partial charge is 0.391 e. The third-order valence-corrected chi connectivity index (χ3v) is 5.97. The van der Waals surface area contributed by atoms with Crippen molar-refractivity contribution in [1.29, 1.82) is 0 Å². The Morgan fingerprint density at radius 2 is 2.08 bits per heavy atom. The zero-order valence-electron chi connectivity index (χ0n) is 13.1. The molecule has 2 fully saturated rings. The van der Waals surface area contributed by atoms with Gasteiger partial charge in [0.2, 0.25) is 11.8 Å². The van der Waals surface area contributed by atoms with E-state index in [4.69, 9.17) is 0 Å². The van der Waals surface area contributed by atoms with Crippen LogP contribution in [0.4, 0.5) is 5.13 Å². The molecule has 2 aliphatic rings. The van der Waals surface area contributed by atoms with Gasteiger partial charge in [-0.1, -0.05) is 36.3 Å². The minimum Gasteiger partial charge on any atom is -0.391 e. The molecular weight excluding hydrogens is 326 g/mol. The molecule has 0 bridgehead atoms. The summed E-state index contributed by atoms with van der Waals surface area (Å²) in [6.07, 6.45) is 2.87. The zero-order valence-corrected chi connectivity index (χ0v) is 13.9. The lowest BCUT2D eigenvalue weighted by molar-refractivity contribution is -0.146. The van der Waals surface area contributed by atoms with Crippen LogP contribution in [0.1, 0.15) is 25.7 Å². The van der Waals surface area contributed by atoms with Crippen LogP contribution in [0.3, 0.4) is 0 Å². The van der Waals surface area contributed by atoms with Crippen molar-refractivity contribution in [2.75, 3.05) is 5.32 Å². The number of nitrogens with one attached hydrogen (secondary N) is 2. The smallest absolute Gasteiger partial charge is 0.241 e. The molecule has 7 heteroatoms. The van der Waals surface area contributed by atoms with E-state index in [1.807, 2.05) is 24.3 Å². The first-order valence-corrected chi connectivity index (χ1v) is 9.10. The van der Waals surface area contributed by atoms with Crippen LogP contribution in [-0.4, -0.2) is 34.1 Å². The van der Waals surface area contributed by atoms with E-state index in [1.165, 1.54) is 11.3 Å². The second-order valence-electron chi connectivity index (χ2n) is 6.51. The number of benzene rings is 1. The summed E-state index contributed by atoms with van der Waals surface area (Å²) in [5, 5.41) is 16.7. The molecule has 4 atom stereocenters. The predicted octanol–water partition coefficient (Wildman–Crippen LogP) is 1.90. The molecule has 2 amide bonds. The number of thiazole rings is 1. The highest BCUT2D eigenvalue weighted by Crippen LogP contribution is 2.34. The van der Waals surface area contributed by atoms with E-state index < -0.39 is 17.9 Å². The maximum atomic E-state index is 12.6. The molecule has 0 spiro atoms. The highest BCUT2D eigenvalue weighted by molar-refractivity contribution is 7.22. The van der Waals surface area contributed by atoms with Gasteiger partial charge in [0.25, 0.3) is 0 Å². The lowest BCUT2D eigenvalue weighted by Crippen LogP contribution is -2.60. The number of piperidine rings is 1. The molecule has 126 valence electrons. The first-order valence-electron chi connectivity index (χ1n) is 8.28. The first-order chi connectivity index (χ1) is 11.6. The Balaban J connectivity index is 1.53. The van der Waals surface area contributed by atoms with E-state index in [2.05, 4.69) is 15.6 Å². The topological polar surface area (TPSA) is 91.3 Å². The molecular formula is C17H19N3O3S. The Kier molecular flexibility index (Phi) is 3.97. The van der Waals surface area contributed by atoms with Gasteiger partial charge in [0.1, 0.15) is 5.92 Å². The van der Waals surface area contributed by atoms with Crippen molar-refractivity contribution >= 4 is 38.5 Å². The Hall–Kier alpha value is -1.99. The number of carbonyl (C=O) groups excluding carboxylic acids is 2. The molecule has 3 N–H and O–H groups in total. The van der Waals surface area contributed by atoms with Crippen molar-refractivity contribution < 1.29 is 14.7 Å². The molecule has 1 aromatic heterocycles. The maximum absolute atomic E-state index is 12.6. The summed E-state index contributed by atoms with van der Waals surface area (Å²) < 4.78 is 0.966. The number of anilines is 1. The molecule has 6 nitrogen and oxygen atoms in total. The van der Waals surface area contributed by atoms with Gasteiger partial charge in [-0.2, -0.15) is 0 Å². The van der Waals surface area contributed by atoms with E-state index in [9.17, 15) is 14.7 Å². The van der Waals surface area contributed by atoms with E-state index >= 15 is 0 Å². The number of aromatic nitrogens is 1. The third-order valence-electron chi connectivity index (χ3n) is 5.02. The number of aliphatic hydroxyl groups is 1. The van der Waals surface area contributed by atoms with Crippen molar-refractivity contribution in [2.45, 2.75) is 37.8 Å². The van der Waals surface area contributed by atoms with Crippen molar-refractivity contribution in [1.82, 2.24) is 10.3 Å². The Bertz CT molecular complexity index is 757. The summed E-state index contributed by atoms with van der Waals surface area (Å²) in [5.41, 5.74) is 0.804. The Morgan fingerprint density at radius 3 is 2.92 bits per heavy atom. The third kappa shape index (κ3) is 2.67. The number of hydrogen-bond acceptors (Lipinski definition) is 5. The van der Waals surface area contributed by atoms with Crippen molar-refractivity contribution in [3.05, 3.63) is 24.3 Å². The maximum Gasteiger partial charge on any atom is 0.241 e. The molecule has 1 aliphatic carbocycles. The molecule has 2 aromatic rings. The van der Waals surface area contributed by atoms with Crippen LogP contribution in [0.2, 0.25) is 0 Å². The lowest BCUT2D eigenvalue weighted by atomic mass is 9.73. The minimum atomic E-state index is -1.07. The fourth-order valence-electron chi connectivity index (χ4n) is 3.81. The Morgan fingerprint density at radius 1 is 1.29 bits per heavy atom. The zero-order chi connectivity index (χ0) is 16.7. The highest BCUT2D eigenvalue weighted by Gasteiger charge is 2.47. The number of fused-ring (bicyclic) bond motifs is 2. The highest BCUT2D eigenvalue weighted by atomic mass is 32.1. The second kappa shape index (κ2) is 6.14. The van der Waals surface area contributed by atoms with Gasteiger partial charge < -0.3 is 15.7 Å². The summed E-state index contributed by atoms with van der Waals surface area (Å²) in [7, 11) is 0. The van der Waals surface area contributed by atoms with Crippen LogP contribution in [0.5, 0.6) is 0 Å². The monoisotopic (exact) mass is 345 g/mol. The fraction of sp³-hybridized carbons (Fsp3) is 0.471. The van der Waals surface area contributed by atoms with E-state index in [0.29, 0.717) is 5.13 Å². The number of amides is 2.